The van der Waals surface area contributed by atoms with E-state index in [0.29, 0.717) is 12.8 Å². The van der Waals surface area contributed by atoms with Crippen LogP contribution in [0.2, 0.25) is 0 Å². The average Bonchev–Trinajstić information content (AvgIpc) is 3.18. The minimum atomic E-state index is -1.86. The first kappa shape index (κ1) is 52.0. The highest BCUT2D eigenvalue weighted by Gasteiger charge is 2.47. The topological polar surface area (TPSA) is 169 Å². The molecular formula is C45H82O11. The molecule has 1 heterocycles. The average molecular weight is 799 g/mol. The maximum Gasteiger partial charge on any atom is 0.335 e. The first-order valence-electron chi connectivity index (χ1n) is 22.7. The first-order valence-corrected chi connectivity index (χ1v) is 22.7. The molecule has 0 aromatic rings. The second kappa shape index (κ2) is 36.1. The molecule has 328 valence electrons. The van der Waals surface area contributed by atoms with Crippen LogP contribution in [0.5, 0.6) is 0 Å². The zero-order chi connectivity index (χ0) is 41.1. The number of rotatable bonds is 38. The highest BCUT2D eigenvalue weighted by atomic mass is 16.7. The van der Waals surface area contributed by atoms with Gasteiger partial charge in [0.05, 0.1) is 6.61 Å². The number of aliphatic carboxylic acids is 1. The summed E-state index contributed by atoms with van der Waals surface area (Å²) in [4.78, 5) is 36.7. The molecule has 6 unspecified atom stereocenters. The highest BCUT2D eigenvalue weighted by Crippen LogP contribution is 2.23. The van der Waals surface area contributed by atoms with Crippen LogP contribution in [-0.4, -0.2) is 88.4 Å². The maximum atomic E-state index is 12.7. The monoisotopic (exact) mass is 799 g/mol. The normalized spacial score (nSPS) is 20.3. The summed E-state index contributed by atoms with van der Waals surface area (Å²) in [5, 5.41) is 39.7. The number of hydrogen-bond acceptors (Lipinski definition) is 10. The van der Waals surface area contributed by atoms with Crippen molar-refractivity contribution in [2.24, 2.45) is 0 Å². The zero-order valence-corrected chi connectivity index (χ0v) is 35.4. The Morgan fingerprint density at radius 1 is 0.536 bits per heavy atom. The van der Waals surface area contributed by atoms with Gasteiger partial charge in [-0.3, -0.25) is 9.59 Å². The molecule has 0 radical (unpaired) electrons. The van der Waals surface area contributed by atoms with Crippen LogP contribution < -0.4 is 0 Å². The maximum absolute atomic E-state index is 12.7. The Bertz CT molecular complexity index is 989. The summed E-state index contributed by atoms with van der Waals surface area (Å²) >= 11 is 0. The van der Waals surface area contributed by atoms with Crippen molar-refractivity contribution in [3.05, 3.63) is 12.2 Å². The molecule has 0 saturated carbocycles. The molecule has 0 aromatic carbocycles. The molecule has 11 nitrogen and oxygen atoms in total. The smallest absolute Gasteiger partial charge is 0.335 e. The van der Waals surface area contributed by atoms with Gasteiger partial charge in [0.15, 0.2) is 18.5 Å². The molecule has 1 rings (SSSR count). The van der Waals surface area contributed by atoms with Crippen molar-refractivity contribution in [1.29, 1.82) is 0 Å². The van der Waals surface area contributed by atoms with Crippen molar-refractivity contribution in [3.63, 3.8) is 0 Å². The van der Waals surface area contributed by atoms with Gasteiger partial charge in [0.1, 0.15) is 24.9 Å². The number of allylic oxidation sites excluding steroid dienone is 2. The molecule has 0 aromatic heterocycles. The summed E-state index contributed by atoms with van der Waals surface area (Å²) in [6, 6.07) is 0. The number of carboxylic acid groups (broad SMARTS) is 1. The van der Waals surface area contributed by atoms with E-state index in [2.05, 4.69) is 26.0 Å². The molecule has 0 amide bonds. The number of hydrogen-bond donors (Lipinski definition) is 4. The van der Waals surface area contributed by atoms with Crippen molar-refractivity contribution < 1.29 is 53.8 Å². The third kappa shape index (κ3) is 27.6. The lowest BCUT2D eigenvalue weighted by molar-refractivity contribution is -0.298. The molecule has 4 N–H and O–H groups in total. The van der Waals surface area contributed by atoms with Crippen molar-refractivity contribution >= 4 is 17.9 Å². The lowest BCUT2D eigenvalue weighted by Crippen LogP contribution is -2.60. The predicted octanol–water partition coefficient (Wildman–Crippen LogP) is 9.65. The standard InChI is InChI=1S/C45H82O11/c1-3-5-7-9-11-13-14-15-16-17-18-19-20-21-22-23-24-26-27-29-31-33-38(46)53-35-37(55-39(47)34-32-30-28-25-12-10-8-6-4-2)36-54-45-42(50)40(48)41(49)43(56-45)44(51)52/h17-18,37,40-43,45,48-50H,3-16,19-36H2,1-2H3,(H,51,52)/b18-17-. The summed E-state index contributed by atoms with van der Waals surface area (Å²) in [5.74, 6) is -2.44. The number of carboxylic acids is 1. The molecule has 1 aliphatic rings. The molecule has 11 heteroatoms. The van der Waals surface area contributed by atoms with E-state index in [-0.39, 0.29) is 26.1 Å². The van der Waals surface area contributed by atoms with Gasteiger partial charge in [-0.2, -0.15) is 0 Å². The van der Waals surface area contributed by atoms with E-state index < -0.39 is 54.7 Å². The number of carbonyl (C=O) groups excluding carboxylic acids is 2. The van der Waals surface area contributed by atoms with Gasteiger partial charge in [-0.1, -0.05) is 167 Å². The quantitative estimate of drug-likeness (QED) is 0.0267. The summed E-state index contributed by atoms with van der Waals surface area (Å²) in [5.41, 5.74) is 0. The fourth-order valence-electron chi connectivity index (χ4n) is 6.99. The van der Waals surface area contributed by atoms with Gasteiger partial charge < -0.3 is 39.4 Å². The van der Waals surface area contributed by atoms with Crippen LogP contribution in [0, 0.1) is 0 Å². The van der Waals surface area contributed by atoms with Crippen LogP contribution in [0.3, 0.4) is 0 Å². The third-order valence-electron chi connectivity index (χ3n) is 10.6. The number of aliphatic hydroxyl groups is 3. The van der Waals surface area contributed by atoms with Gasteiger partial charge in [0, 0.05) is 12.8 Å². The van der Waals surface area contributed by atoms with Crippen LogP contribution >= 0.6 is 0 Å². The molecule has 6 atom stereocenters. The van der Waals surface area contributed by atoms with Gasteiger partial charge in [0.2, 0.25) is 0 Å². The Balaban J connectivity index is 2.28. The Morgan fingerprint density at radius 3 is 1.39 bits per heavy atom. The van der Waals surface area contributed by atoms with E-state index in [9.17, 15) is 34.8 Å². The van der Waals surface area contributed by atoms with Crippen LogP contribution in [0.25, 0.3) is 0 Å². The van der Waals surface area contributed by atoms with Gasteiger partial charge in [-0.05, 0) is 38.5 Å². The fraction of sp³-hybridized carbons (Fsp3) is 0.889. The fourth-order valence-corrected chi connectivity index (χ4v) is 6.99. The van der Waals surface area contributed by atoms with Crippen LogP contribution in [0.1, 0.15) is 206 Å². The van der Waals surface area contributed by atoms with Gasteiger partial charge in [-0.15, -0.1) is 0 Å². The SMILES string of the molecule is CCCCCCCCCC/C=C\CCCCCCCCCCCC(=O)OCC(COC1OC(C(=O)O)C(O)C(O)C1O)OC(=O)CCCCCCCCCCC. The van der Waals surface area contributed by atoms with Gasteiger partial charge >= 0.3 is 17.9 Å². The minimum Gasteiger partial charge on any atom is -0.479 e. The van der Waals surface area contributed by atoms with E-state index in [1.807, 2.05) is 0 Å². The number of ether oxygens (including phenoxy) is 4. The Hall–Kier alpha value is -2.05. The largest absolute Gasteiger partial charge is 0.479 e. The molecule has 0 aliphatic carbocycles. The summed E-state index contributed by atoms with van der Waals surface area (Å²) < 4.78 is 21.7. The Morgan fingerprint density at radius 2 is 0.946 bits per heavy atom. The zero-order valence-electron chi connectivity index (χ0n) is 35.4. The van der Waals surface area contributed by atoms with Gasteiger partial charge in [0.25, 0.3) is 0 Å². The molecule has 1 saturated heterocycles. The predicted molar refractivity (Wildman–Crippen MR) is 220 cm³/mol. The molecule has 1 fully saturated rings. The summed E-state index contributed by atoms with van der Waals surface area (Å²) in [6.07, 6.45) is 28.6. The van der Waals surface area contributed by atoms with Crippen molar-refractivity contribution in [3.8, 4) is 0 Å². The second-order valence-electron chi connectivity index (χ2n) is 15.9. The Kier molecular flexibility index (Phi) is 33.5. The van der Waals surface area contributed by atoms with Crippen LogP contribution in [0.4, 0.5) is 0 Å². The number of unbranched alkanes of at least 4 members (excludes halogenated alkanes) is 25. The molecule has 0 spiro atoms. The van der Waals surface area contributed by atoms with E-state index in [4.69, 9.17) is 18.9 Å². The van der Waals surface area contributed by atoms with Crippen molar-refractivity contribution in [2.75, 3.05) is 13.2 Å². The lowest BCUT2D eigenvalue weighted by atomic mass is 9.99. The van der Waals surface area contributed by atoms with E-state index in [1.165, 1.54) is 128 Å². The van der Waals surface area contributed by atoms with Gasteiger partial charge in [-0.25, -0.2) is 4.79 Å². The minimum absolute atomic E-state index is 0.186. The van der Waals surface area contributed by atoms with Crippen molar-refractivity contribution in [1.82, 2.24) is 0 Å². The number of esters is 2. The second-order valence-corrected chi connectivity index (χ2v) is 15.9. The molecule has 56 heavy (non-hydrogen) atoms. The summed E-state index contributed by atoms with van der Waals surface area (Å²) in [6.45, 7) is 3.79. The number of aliphatic hydroxyl groups excluding tert-OH is 3. The van der Waals surface area contributed by atoms with E-state index in [0.717, 1.165) is 38.5 Å². The van der Waals surface area contributed by atoms with Crippen LogP contribution in [-0.2, 0) is 33.3 Å². The molecular weight excluding hydrogens is 716 g/mol. The highest BCUT2D eigenvalue weighted by molar-refractivity contribution is 5.73. The lowest BCUT2D eigenvalue weighted by Gasteiger charge is -2.38. The first-order chi connectivity index (χ1) is 27.2. The van der Waals surface area contributed by atoms with Crippen molar-refractivity contribution in [2.45, 2.75) is 243 Å². The third-order valence-corrected chi connectivity index (χ3v) is 10.6. The number of carbonyl (C=O) groups is 3. The van der Waals surface area contributed by atoms with E-state index in [1.54, 1.807) is 0 Å². The Labute approximate surface area is 339 Å². The molecule has 0 bridgehead atoms. The molecule has 1 aliphatic heterocycles. The van der Waals surface area contributed by atoms with Crippen LogP contribution in [0.15, 0.2) is 12.2 Å². The van der Waals surface area contributed by atoms with E-state index >= 15 is 0 Å². The summed E-state index contributed by atoms with van der Waals surface area (Å²) in [7, 11) is 0.